The van der Waals surface area contributed by atoms with Crippen LogP contribution in [-0.2, 0) is 14.3 Å². The summed E-state index contributed by atoms with van der Waals surface area (Å²) in [7, 11) is 1.78. The molecule has 0 radical (unpaired) electrons. The molecule has 1 aliphatic carbocycles. The van der Waals surface area contributed by atoms with E-state index in [9.17, 15) is 4.79 Å². The van der Waals surface area contributed by atoms with Gasteiger partial charge in [0.1, 0.15) is 6.61 Å². The minimum atomic E-state index is 0.190. The molecule has 3 aliphatic rings. The van der Waals surface area contributed by atoms with Crippen LogP contribution in [0.4, 0.5) is 0 Å². The molecule has 0 aromatic heterocycles. The standard InChI is InChI=1S/C19H34N2O3S/c1-23-16-6-8-17(9-7-16)24-14-19(22)21(13-18-5-3-11-25-18)15-4-2-10-20-12-15/h15-18,20H,2-14H2,1H3. The number of nitrogens with one attached hydrogen (secondary N) is 1. The van der Waals surface area contributed by atoms with E-state index in [0.717, 1.165) is 58.2 Å². The Morgan fingerprint density at radius 3 is 2.56 bits per heavy atom. The third-order valence-corrected chi connectivity index (χ3v) is 7.23. The van der Waals surface area contributed by atoms with Gasteiger partial charge in [0.2, 0.25) is 5.91 Å². The van der Waals surface area contributed by atoms with E-state index < -0.39 is 0 Å². The maximum atomic E-state index is 12.9. The van der Waals surface area contributed by atoms with Crippen molar-refractivity contribution in [3.05, 3.63) is 0 Å². The molecule has 2 atom stereocenters. The second-order valence-electron chi connectivity index (χ2n) is 7.63. The Morgan fingerprint density at radius 2 is 1.92 bits per heavy atom. The summed E-state index contributed by atoms with van der Waals surface area (Å²) in [6, 6.07) is 0.343. The second kappa shape index (κ2) is 10.1. The van der Waals surface area contributed by atoms with Crippen molar-refractivity contribution in [2.45, 2.75) is 74.9 Å². The lowest BCUT2D eigenvalue weighted by molar-refractivity contribution is -0.142. The summed E-state index contributed by atoms with van der Waals surface area (Å²) >= 11 is 2.03. The normalized spacial score (nSPS) is 33.3. The lowest BCUT2D eigenvalue weighted by Gasteiger charge is -2.36. The molecule has 0 aromatic rings. The van der Waals surface area contributed by atoms with E-state index in [4.69, 9.17) is 9.47 Å². The van der Waals surface area contributed by atoms with E-state index in [1.165, 1.54) is 18.6 Å². The summed E-state index contributed by atoms with van der Waals surface area (Å²) in [4.78, 5) is 15.1. The van der Waals surface area contributed by atoms with Crippen molar-refractivity contribution >= 4 is 17.7 Å². The van der Waals surface area contributed by atoms with Gasteiger partial charge in [-0.05, 0) is 63.7 Å². The zero-order valence-corrected chi connectivity index (χ0v) is 16.4. The molecule has 1 amide bonds. The van der Waals surface area contributed by atoms with Crippen molar-refractivity contribution in [3.63, 3.8) is 0 Å². The Labute approximate surface area is 156 Å². The van der Waals surface area contributed by atoms with Crippen LogP contribution in [0, 0.1) is 0 Å². The van der Waals surface area contributed by atoms with Gasteiger partial charge in [0, 0.05) is 31.5 Å². The molecule has 2 unspecified atom stereocenters. The first-order valence-electron chi connectivity index (χ1n) is 10.0. The molecular weight excluding hydrogens is 336 g/mol. The first-order chi connectivity index (χ1) is 12.3. The minimum Gasteiger partial charge on any atom is -0.381 e. The minimum absolute atomic E-state index is 0.190. The van der Waals surface area contributed by atoms with Gasteiger partial charge in [-0.2, -0.15) is 11.8 Å². The molecule has 25 heavy (non-hydrogen) atoms. The molecule has 0 spiro atoms. The topological polar surface area (TPSA) is 50.8 Å². The average Bonchev–Trinajstić information content (AvgIpc) is 3.18. The van der Waals surface area contributed by atoms with E-state index in [2.05, 4.69) is 10.2 Å². The Bertz CT molecular complexity index is 403. The van der Waals surface area contributed by atoms with Crippen molar-refractivity contribution in [1.29, 1.82) is 0 Å². The van der Waals surface area contributed by atoms with E-state index in [-0.39, 0.29) is 18.6 Å². The van der Waals surface area contributed by atoms with Crippen LogP contribution in [0.3, 0.4) is 0 Å². The molecular formula is C19H34N2O3S. The van der Waals surface area contributed by atoms with Crippen molar-refractivity contribution in [2.75, 3.05) is 39.1 Å². The highest BCUT2D eigenvalue weighted by Gasteiger charge is 2.30. The van der Waals surface area contributed by atoms with Crippen LogP contribution >= 0.6 is 11.8 Å². The zero-order chi connectivity index (χ0) is 17.5. The van der Waals surface area contributed by atoms with E-state index in [0.29, 0.717) is 17.4 Å². The molecule has 2 aliphatic heterocycles. The van der Waals surface area contributed by atoms with Crippen molar-refractivity contribution in [3.8, 4) is 0 Å². The third kappa shape index (κ3) is 5.84. The van der Waals surface area contributed by atoms with Gasteiger partial charge in [0.05, 0.1) is 12.2 Å². The molecule has 5 nitrogen and oxygen atoms in total. The number of amides is 1. The van der Waals surface area contributed by atoms with Gasteiger partial charge < -0.3 is 19.7 Å². The molecule has 1 N–H and O–H groups in total. The van der Waals surface area contributed by atoms with Crippen LogP contribution in [0.15, 0.2) is 0 Å². The lowest BCUT2D eigenvalue weighted by atomic mass is 9.95. The average molecular weight is 371 g/mol. The van der Waals surface area contributed by atoms with Crippen LogP contribution in [0.1, 0.15) is 51.4 Å². The highest BCUT2D eigenvalue weighted by molar-refractivity contribution is 8.00. The van der Waals surface area contributed by atoms with Crippen LogP contribution in [0.5, 0.6) is 0 Å². The monoisotopic (exact) mass is 370 g/mol. The van der Waals surface area contributed by atoms with Crippen LogP contribution < -0.4 is 5.32 Å². The highest BCUT2D eigenvalue weighted by Crippen LogP contribution is 2.28. The van der Waals surface area contributed by atoms with Gasteiger partial charge in [-0.25, -0.2) is 0 Å². The fourth-order valence-electron chi connectivity index (χ4n) is 4.27. The summed E-state index contributed by atoms with van der Waals surface area (Å²) in [6.07, 6.45) is 9.53. The largest absolute Gasteiger partial charge is 0.381 e. The summed E-state index contributed by atoms with van der Waals surface area (Å²) in [5, 5.41) is 4.07. The maximum Gasteiger partial charge on any atom is 0.248 e. The van der Waals surface area contributed by atoms with Crippen LogP contribution in [0.25, 0.3) is 0 Å². The number of methoxy groups -OCH3 is 1. The van der Waals surface area contributed by atoms with E-state index in [1.807, 2.05) is 11.8 Å². The third-order valence-electron chi connectivity index (χ3n) is 5.85. The van der Waals surface area contributed by atoms with Gasteiger partial charge in [-0.1, -0.05) is 0 Å². The quantitative estimate of drug-likeness (QED) is 0.746. The lowest BCUT2D eigenvalue weighted by Crippen LogP contribution is -2.51. The number of hydrogen-bond acceptors (Lipinski definition) is 5. The Balaban J connectivity index is 1.49. The molecule has 2 saturated heterocycles. The summed E-state index contributed by atoms with van der Waals surface area (Å²) in [5.74, 6) is 1.43. The van der Waals surface area contributed by atoms with E-state index in [1.54, 1.807) is 7.11 Å². The number of piperidine rings is 1. The first-order valence-corrected chi connectivity index (χ1v) is 11.1. The molecule has 2 heterocycles. The fourth-order valence-corrected chi connectivity index (χ4v) is 5.53. The van der Waals surface area contributed by atoms with Gasteiger partial charge in [0.15, 0.2) is 0 Å². The number of ether oxygens (including phenoxy) is 2. The number of nitrogens with zero attached hydrogens (tertiary/aromatic N) is 1. The highest BCUT2D eigenvalue weighted by atomic mass is 32.2. The number of rotatable bonds is 7. The van der Waals surface area contributed by atoms with Crippen molar-refractivity contribution in [1.82, 2.24) is 10.2 Å². The van der Waals surface area contributed by atoms with Gasteiger partial charge in [-0.15, -0.1) is 0 Å². The number of hydrogen-bond donors (Lipinski definition) is 1. The zero-order valence-electron chi connectivity index (χ0n) is 15.6. The Morgan fingerprint density at radius 1 is 1.12 bits per heavy atom. The summed E-state index contributed by atoms with van der Waals surface area (Å²) in [5.41, 5.74) is 0. The van der Waals surface area contributed by atoms with Gasteiger partial charge in [0.25, 0.3) is 0 Å². The molecule has 144 valence electrons. The SMILES string of the molecule is COC1CCC(OCC(=O)N(CC2CCCS2)C2CCCNC2)CC1. The van der Waals surface area contributed by atoms with Crippen molar-refractivity contribution in [2.24, 2.45) is 0 Å². The Hall–Kier alpha value is -0.300. The number of carbonyl (C=O) groups excluding carboxylic acids is 1. The fraction of sp³-hybridized carbons (Fsp3) is 0.947. The number of carbonyl (C=O) groups is 1. The predicted octanol–water partition coefficient (Wildman–Crippen LogP) is 2.44. The smallest absolute Gasteiger partial charge is 0.248 e. The van der Waals surface area contributed by atoms with E-state index >= 15 is 0 Å². The van der Waals surface area contributed by atoms with Crippen molar-refractivity contribution < 1.29 is 14.3 Å². The summed E-state index contributed by atoms with van der Waals surface area (Å²) in [6.45, 7) is 3.16. The van der Waals surface area contributed by atoms with Crippen LogP contribution in [-0.4, -0.2) is 73.4 Å². The molecule has 0 bridgehead atoms. The maximum absolute atomic E-state index is 12.9. The molecule has 3 fully saturated rings. The second-order valence-corrected chi connectivity index (χ2v) is 9.03. The van der Waals surface area contributed by atoms with Gasteiger partial charge in [-0.3, -0.25) is 4.79 Å². The molecule has 0 aromatic carbocycles. The first kappa shape index (κ1) is 19.5. The number of thioether (sulfide) groups is 1. The summed E-state index contributed by atoms with van der Waals surface area (Å²) < 4.78 is 11.4. The molecule has 6 heteroatoms. The Kier molecular flexibility index (Phi) is 7.90. The predicted molar refractivity (Wildman–Crippen MR) is 102 cm³/mol. The van der Waals surface area contributed by atoms with Crippen LogP contribution in [0.2, 0.25) is 0 Å². The molecule has 3 rings (SSSR count). The van der Waals surface area contributed by atoms with Gasteiger partial charge >= 0.3 is 0 Å². The molecule has 1 saturated carbocycles.